The number of carbonyl (C=O) groups is 4. The van der Waals surface area contributed by atoms with Gasteiger partial charge in [0.2, 0.25) is 17.7 Å². The lowest BCUT2D eigenvalue weighted by molar-refractivity contribution is -0.143. The first kappa shape index (κ1) is 34.1. The van der Waals surface area contributed by atoms with Gasteiger partial charge in [0.25, 0.3) is 0 Å². The second-order valence-corrected chi connectivity index (χ2v) is 11.3. The summed E-state index contributed by atoms with van der Waals surface area (Å²) in [4.78, 5) is 54.1. The predicted molar refractivity (Wildman–Crippen MR) is 165 cm³/mol. The number of nitrogens with two attached hydrogens (primary N) is 1. The van der Waals surface area contributed by atoms with Crippen molar-refractivity contribution in [2.75, 3.05) is 6.54 Å². The van der Waals surface area contributed by atoms with Crippen molar-refractivity contribution in [3.05, 3.63) is 77.9 Å². The highest BCUT2D eigenvalue weighted by molar-refractivity contribution is 5.92. The van der Waals surface area contributed by atoms with Crippen molar-refractivity contribution < 1.29 is 23.9 Å². The molecule has 2 rings (SSSR count). The molecule has 0 saturated heterocycles. The lowest BCUT2D eigenvalue weighted by Crippen LogP contribution is -2.53. The standard InChI is InChI=1S/C33H46N4O5/c1-6-8-9-13-21-37(31(40)27(19-20-28(34)38)36-32(41)42-33(3,4)5)29(26-18-14-17-24(7-2)22-26)30(39)35-23-25-15-11-10-12-16-25/h7,10-12,14-18,22,27,29H,2,6,8-9,13,19-21,23H2,1,3-5H3,(H2,34,38)(H,35,39)(H,36,41). The third kappa shape index (κ3) is 11.8. The Bertz CT molecular complexity index is 1190. The molecule has 0 fully saturated rings. The second-order valence-electron chi connectivity index (χ2n) is 11.3. The quantitative estimate of drug-likeness (QED) is 0.234. The van der Waals surface area contributed by atoms with Crippen LogP contribution in [0.15, 0.2) is 61.2 Å². The van der Waals surface area contributed by atoms with Gasteiger partial charge in [-0.25, -0.2) is 4.79 Å². The van der Waals surface area contributed by atoms with Crippen LogP contribution in [0.3, 0.4) is 0 Å². The number of nitrogens with zero attached hydrogens (tertiary/aromatic N) is 1. The minimum atomic E-state index is -1.13. The molecule has 4 amide bonds. The van der Waals surface area contributed by atoms with E-state index in [1.165, 1.54) is 4.90 Å². The molecule has 0 aliphatic carbocycles. The van der Waals surface area contributed by atoms with E-state index >= 15 is 0 Å². The first-order valence-corrected chi connectivity index (χ1v) is 14.6. The van der Waals surface area contributed by atoms with Gasteiger partial charge < -0.3 is 26.0 Å². The van der Waals surface area contributed by atoms with Crippen molar-refractivity contribution in [1.29, 1.82) is 0 Å². The minimum Gasteiger partial charge on any atom is -0.444 e. The zero-order chi connectivity index (χ0) is 31.1. The van der Waals surface area contributed by atoms with E-state index in [2.05, 4.69) is 24.1 Å². The van der Waals surface area contributed by atoms with E-state index in [4.69, 9.17) is 10.5 Å². The molecule has 4 N–H and O–H groups in total. The fourth-order valence-corrected chi connectivity index (χ4v) is 4.48. The van der Waals surface area contributed by atoms with Gasteiger partial charge in [-0.05, 0) is 56.4 Å². The summed E-state index contributed by atoms with van der Waals surface area (Å²) < 4.78 is 5.40. The van der Waals surface area contributed by atoms with Crippen LogP contribution in [0.25, 0.3) is 6.08 Å². The van der Waals surface area contributed by atoms with Crippen molar-refractivity contribution in [1.82, 2.24) is 15.5 Å². The summed E-state index contributed by atoms with van der Waals surface area (Å²) in [5.41, 5.74) is 6.92. The Morgan fingerprint density at radius 2 is 1.74 bits per heavy atom. The summed E-state index contributed by atoms with van der Waals surface area (Å²) in [7, 11) is 0. The maximum absolute atomic E-state index is 14.3. The molecule has 2 aromatic carbocycles. The number of alkyl carbamates (subject to hydrolysis) is 1. The van der Waals surface area contributed by atoms with Crippen molar-refractivity contribution in [3.63, 3.8) is 0 Å². The number of hydrogen-bond donors (Lipinski definition) is 3. The van der Waals surface area contributed by atoms with Crippen molar-refractivity contribution in [2.45, 2.75) is 90.4 Å². The first-order chi connectivity index (χ1) is 19.9. The Balaban J connectivity index is 2.52. The Kier molecular flexibility index (Phi) is 13.8. The van der Waals surface area contributed by atoms with Crippen LogP contribution in [0.4, 0.5) is 4.79 Å². The Morgan fingerprint density at radius 1 is 1.02 bits per heavy atom. The monoisotopic (exact) mass is 578 g/mol. The Hall–Kier alpha value is -4.14. The van der Waals surface area contributed by atoms with Crippen molar-refractivity contribution in [2.24, 2.45) is 5.73 Å². The van der Waals surface area contributed by atoms with Gasteiger partial charge >= 0.3 is 6.09 Å². The van der Waals surface area contributed by atoms with E-state index in [-0.39, 0.29) is 31.8 Å². The molecule has 0 aromatic heterocycles. The van der Waals surface area contributed by atoms with Crippen LogP contribution in [0.1, 0.15) is 89.0 Å². The molecular formula is C33H46N4O5. The Labute approximate surface area is 249 Å². The molecule has 0 saturated carbocycles. The minimum absolute atomic E-state index is 0.0378. The topological polar surface area (TPSA) is 131 Å². The number of nitrogens with one attached hydrogen (secondary N) is 2. The molecule has 0 bridgehead atoms. The second kappa shape index (κ2) is 17.0. The molecule has 9 heteroatoms. The molecular weight excluding hydrogens is 532 g/mol. The maximum Gasteiger partial charge on any atom is 0.408 e. The maximum atomic E-state index is 14.3. The van der Waals surface area contributed by atoms with Gasteiger partial charge in [0, 0.05) is 19.5 Å². The van der Waals surface area contributed by atoms with E-state index in [1.54, 1.807) is 32.9 Å². The third-order valence-corrected chi connectivity index (χ3v) is 6.54. The largest absolute Gasteiger partial charge is 0.444 e. The lowest BCUT2D eigenvalue weighted by Gasteiger charge is -2.34. The van der Waals surface area contributed by atoms with E-state index in [1.807, 2.05) is 48.5 Å². The molecule has 0 aliphatic rings. The smallest absolute Gasteiger partial charge is 0.408 e. The first-order valence-electron chi connectivity index (χ1n) is 14.6. The third-order valence-electron chi connectivity index (χ3n) is 6.54. The molecule has 0 heterocycles. The normalized spacial score (nSPS) is 12.5. The fraction of sp³-hybridized carbons (Fsp3) is 0.455. The highest BCUT2D eigenvalue weighted by Crippen LogP contribution is 2.26. The molecule has 9 nitrogen and oxygen atoms in total. The number of ether oxygens (including phenoxy) is 1. The summed E-state index contributed by atoms with van der Waals surface area (Å²) >= 11 is 0. The predicted octanol–water partition coefficient (Wildman–Crippen LogP) is 5.25. The van der Waals surface area contributed by atoms with E-state index in [0.717, 1.165) is 30.4 Å². The van der Waals surface area contributed by atoms with Crippen LogP contribution in [-0.2, 0) is 25.7 Å². The molecule has 0 radical (unpaired) electrons. The zero-order valence-electron chi connectivity index (χ0n) is 25.4. The zero-order valence-corrected chi connectivity index (χ0v) is 25.4. The summed E-state index contributed by atoms with van der Waals surface area (Å²) in [6.45, 7) is 11.6. The molecule has 228 valence electrons. The van der Waals surface area contributed by atoms with Gasteiger partial charge in [0.1, 0.15) is 17.7 Å². The number of unbranched alkanes of at least 4 members (excludes halogenated alkanes) is 3. The van der Waals surface area contributed by atoms with E-state index < -0.39 is 35.6 Å². The molecule has 42 heavy (non-hydrogen) atoms. The average molecular weight is 579 g/mol. The van der Waals surface area contributed by atoms with Crippen LogP contribution in [0.5, 0.6) is 0 Å². The van der Waals surface area contributed by atoms with Crippen molar-refractivity contribution >= 4 is 29.9 Å². The van der Waals surface area contributed by atoms with Crippen LogP contribution in [-0.4, -0.2) is 46.9 Å². The molecule has 2 atom stereocenters. The SMILES string of the molecule is C=Cc1cccc(C(C(=O)NCc2ccccc2)N(CCCCCC)C(=O)C(CCC(N)=O)NC(=O)OC(C)(C)C)c1. The summed E-state index contributed by atoms with van der Waals surface area (Å²) in [6.07, 6.45) is 4.19. The number of carbonyl (C=O) groups excluding carboxylic acids is 4. The van der Waals surface area contributed by atoms with E-state index in [9.17, 15) is 19.2 Å². The molecule has 0 aliphatic heterocycles. The Morgan fingerprint density at radius 3 is 2.36 bits per heavy atom. The van der Waals surface area contributed by atoms with Gasteiger partial charge in [-0.3, -0.25) is 14.4 Å². The van der Waals surface area contributed by atoms with Crippen LogP contribution < -0.4 is 16.4 Å². The van der Waals surface area contributed by atoms with Gasteiger partial charge in [-0.15, -0.1) is 0 Å². The molecule has 2 aromatic rings. The number of rotatable bonds is 16. The number of amides is 4. The summed E-state index contributed by atoms with van der Waals surface area (Å²) in [5, 5.41) is 5.62. The number of hydrogen-bond acceptors (Lipinski definition) is 5. The summed E-state index contributed by atoms with van der Waals surface area (Å²) in [6, 6.07) is 14.7. The van der Waals surface area contributed by atoms with Gasteiger partial charge in [0.05, 0.1) is 0 Å². The van der Waals surface area contributed by atoms with Crippen LogP contribution >= 0.6 is 0 Å². The average Bonchev–Trinajstić information content (AvgIpc) is 2.94. The van der Waals surface area contributed by atoms with Gasteiger partial charge in [-0.1, -0.05) is 87.4 Å². The van der Waals surface area contributed by atoms with Gasteiger partial charge in [0.15, 0.2) is 0 Å². The van der Waals surface area contributed by atoms with Crippen LogP contribution in [0, 0.1) is 0 Å². The fourth-order valence-electron chi connectivity index (χ4n) is 4.48. The highest BCUT2D eigenvalue weighted by Gasteiger charge is 2.36. The van der Waals surface area contributed by atoms with Crippen LogP contribution in [0.2, 0.25) is 0 Å². The number of primary amides is 1. The highest BCUT2D eigenvalue weighted by atomic mass is 16.6. The number of benzene rings is 2. The van der Waals surface area contributed by atoms with Crippen molar-refractivity contribution in [3.8, 4) is 0 Å². The molecule has 0 spiro atoms. The van der Waals surface area contributed by atoms with E-state index in [0.29, 0.717) is 12.0 Å². The summed E-state index contributed by atoms with van der Waals surface area (Å²) in [5.74, 6) is -1.47. The van der Waals surface area contributed by atoms with Gasteiger partial charge in [-0.2, -0.15) is 0 Å². The molecule has 2 unspecified atom stereocenters. The lowest BCUT2D eigenvalue weighted by atomic mass is 9.99.